The minimum Gasteiger partial charge on any atom is -0.391 e. The van der Waals surface area contributed by atoms with E-state index in [0.717, 1.165) is 16.1 Å². The van der Waals surface area contributed by atoms with Gasteiger partial charge in [0.1, 0.15) is 12.6 Å². The van der Waals surface area contributed by atoms with Gasteiger partial charge in [0.2, 0.25) is 0 Å². The van der Waals surface area contributed by atoms with Gasteiger partial charge in [-0.15, -0.1) is 0 Å². The van der Waals surface area contributed by atoms with Crippen molar-refractivity contribution < 1.29 is 9.59 Å². The lowest BCUT2D eigenvalue weighted by Crippen LogP contribution is -2.43. The molecule has 0 spiro atoms. The van der Waals surface area contributed by atoms with E-state index in [4.69, 9.17) is 16.7 Å². The van der Waals surface area contributed by atoms with Gasteiger partial charge in [0.05, 0.1) is 20.7 Å². The summed E-state index contributed by atoms with van der Waals surface area (Å²) in [7, 11) is 4.24. The number of hydrogen-bond donors (Lipinski definition) is 1. The quantitative estimate of drug-likeness (QED) is 0.786. The molecule has 1 unspecified atom stereocenters. The summed E-state index contributed by atoms with van der Waals surface area (Å²) in [6.45, 7) is 3.13. The predicted octanol–water partition coefficient (Wildman–Crippen LogP) is 2.47. The molecule has 0 bridgehead atoms. The molecule has 1 N–H and O–H groups in total. The highest BCUT2D eigenvalue weighted by atomic mass is 35.5. The second-order valence-electron chi connectivity index (χ2n) is 4.45. The number of rotatable bonds is 4. The molecule has 1 rings (SSSR count). The molecule has 0 heterocycles. The maximum Gasteiger partial charge on any atom is 0.111 e. The molecule has 3 heteroatoms. The molecule has 0 aromatic heterocycles. The molecule has 0 aliphatic heterocycles. The van der Waals surface area contributed by atoms with Crippen LogP contribution in [0.5, 0.6) is 0 Å². The summed E-state index contributed by atoms with van der Waals surface area (Å²) >= 11 is 5.85. The third kappa shape index (κ3) is 3.20. The molecule has 0 fully saturated rings. The van der Waals surface area contributed by atoms with Crippen molar-refractivity contribution in [1.29, 1.82) is 0 Å². The normalized spacial score (nSPS) is 13.9. The monoisotopic (exact) mass is 228 g/mol. The molecule has 1 aromatic carbocycles. The number of benzene rings is 1. The van der Waals surface area contributed by atoms with Gasteiger partial charge in [0.15, 0.2) is 0 Å². The van der Waals surface area contributed by atoms with Crippen molar-refractivity contribution in [3.63, 3.8) is 0 Å². The van der Waals surface area contributed by atoms with Crippen LogP contribution in [0.3, 0.4) is 0 Å². The molecule has 2 nitrogen and oxygen atoms in total. The Morgan fingerprint density at radius 1 is 1.27 bits per heavy atom. The molecule has 0 radical (unpaired) electrons. The first kappa shape index (κ1) is 12.5. The SMILES string of the molecule is CC(c1ccc(Cl)cc1)[N+](C)(C)CCO. The largest absolute Gasteiger partial charge is 0.391 e. The summed E-state index contributed by atoms with van der Waals surface area (Å²) in [5, 5.41) is 9.77. The fraction of sp³-hybridized carbons (Fsp3) is 0.500. The number of hydrogen-bond acceptors (Lipinski definition) is 1. The smallest absolute Gasteiger partial charge is 0.111 e. The first-order valence-corrected chi connectivity index (χ1v) is 5.54. The van der Waals surface area contributed by atoms with Crippen molar-refractivity contribution in [3.05, 3.63) is 34.9 Å². The number of quaternary nitrogens is 1. The number of likely N-dealkylation sites (N-methyl/N-ethyl adjacent to an activating group) is 1. The van der Waals surface area contributed by atoms with Crippen LogP contribution in [0.1, 0.15) is 18.5 Å². The number of aliphatic hydroxyl groups is 1. The lowest BCUT2D eigenvalue weighted by atomic mass is 10.1. The van der Waals surface area contributed by atoms with Gasteiger partial charge in [0, 0.05) is 10.6 Å². The third-order valence-corrected chi connectivity index (χ3v) is 3.33. The highest BCUT2D eigenvalue weighted by Crippen LogP contribution is 2.25. The fourth-order valence-electron chi connectivity index (χ4n) is 1.60. The van der Waals surface area contributed by atoms with E-state index in [-0.39, 0.29) is 6.61 Å². The first-order valence-electron chi connectivity index (χ1n) is 5.16. The van der Waals surface area contributed by atoms with Crippen LogP contribution >= 0.6 is 11.6 Å². The Balaban J connectivity index is 2.84. The van der Waals surface area contributed by atoms with E-state index in [1.165, 1.54) is 5.56 Å². The molecular weight excluding hydrogens is 210 g/mol. The molecular formula is C12H19ClNO+. The van der Waals surface area contributed by atoms with Crippen molar-refractivity contribution in [2.24, 2.45) is 0 Å². The van der Waals surface area contributed by atoms with E-state index in [0.29, 0.717) is 6.04 Å². The van der Waals surface area contributed by atoms with E-state index in [1.54, 1.807) is 0 Å². The summed E-state index contributed by atoms with van der Waals surface area (Å²) in [5.74, 6) is 0. The van der Waals surface area contributed by atoms with Crippen LogP contribution in [0.25, 0.3) is 0 Å². The van der Waals surface area contributed by atoms with Gasteiger partial charge in [-0.2, -0.15) is 0 Å². The Labute approximate surface area is 96.7 Å². The molecule has 0 amide bonds. The van der Waals surface area contributed by atoms with Crippen LogP contribution < -0.4 is 0 Å². The molecule has 0 aliphatic rings. The third-order valence-electron chi connectivity index (χ3n) is 3.08. The topological polar surface area (TPSA) is 20.2 Å². The Bertz CT molecular complexity index is 308. The van der Waals surface area contributed by atoms with Crippen molar-refractivity contribution in [2.75, 3.05) is 27.2 Å². The van der Waals surface area contributed by atoms with E-state index in [2.05, 4.69) is 21.0 Å². The Kier molecular flexibility index (Phi) is 4.14. The average Bonchev–Trinajstić information content (AvgIpc) is 2.18. The van der Waals surface area contributed by atoms with Gasteiger partial charge >= 0.3 is 0 Å². The summed E-state index contributed by atoms with van der Waals surface area (Å²) in [6, 6.07) is 8.27. The van der Waals surface area contributed by atoms with Gasteiger partial charge in [-0.05, 0) is 19.1 Å². The highest BCUT2D eigenvalue weighted by molar-refractivity contribution is 6.30. The predicted molar refractivity (Wildman–Crippen MR) is 63.9 cm³/mol. The van der Waals surface area contributed by atoms with Crippen molar-refractivity contribution >= 4 is 11.6 Å². The Morgan fingerprint density at radius 2 is 1.80 bits per heavy atom. The molecule has 0 saturated carbocycles. The van der Waals surface area contributed by atoms with Crippen molar-refractivity contribution in [1.82, 2.24) is 0 Å². The minimum atomic E-state index is 0.213. The second kappa shape index (κ2) is 4.97. The van der Waals surface area contributed by atoms with E-state index in [9.17, 15) is 0 Å². The van der Waals surface area contributed by atoms with E-state index < -0.39 is 0 Å². The molecule has 84 valence electrons. The molecule has 15 heavy (non-hydrogen) atoms. The van der Waals surface area contributed by atoms with Crippen LogP contribution in [0.15, 0.2) is 24.3 Å². The maximum absolute atomic E-state index is 9.01. The van der Waals surface area contributed by atoms with Gasteiger partial charge < -0.3 is 9.59 Å². The minimum absolute atomic E-state index is 0.213. The summed E-state index contributed by atoms with van der Waals surface area (Å²) in [6.07, 6.45) is 0. The summed E-state index contributed by atoms with van der Waals surface area (Å²) in [4.78, 5) is 0. The highest BCUT2D eigenvalue weighted by Gasteiger charge is 2.24. The van der Waals surface area contributed by atoms with Gasteiger partial charge in [-0.25, -0.2) is 0 Å². The molecule has 0 saturated heterocycles. The summed E-state index contributed by atoms with van der Waals surface area (Å²) < 4.78 is 0.776. The lowest BCUT2D eigenvalue weighted by molar-refractivity contribution is -0.919. The average molecular weight is 229 g/mol. The second-order valence-corrected chi connectivity index (χ2v) is 4.89. The van der Waals surface area contributed by atoms with Crippen LogP contribution in [0.2, 0.25) is 5.02 Å². The number of aliphatic hydroxyl groups excluding tert-OH is 1. The molecule has 0 aliphatic carbocycles. The maximum atomic E-state index is 9.01. The van der Waals surface area contributed by atoms with E-state index in [1.807, 2.05) is 24.3 Å². The number of halogens is 1. The number of nitrogens with zero attached hydrogens (tertiary/aromatic N) is 1. The van der Waals surface area contributed by atoms with Crippen LogP contribution in [0.4, 0.5) is 0 Å². The van der Waals surface area contributed by atoms with Gasteiger partial charge in [0.25, 0.3) is 0 Å². The van der Waals surface area contributed by atoms with Gasteiger partial charge in [-0.3, -0.25) is 0 Å². The Hall–Kier alpha value is -0.570. The van der Waals surface area contributed by atoms with Crippen LogP contribution in [0, 0.1) is 0 Å². The van der Waals surface area contributed by atoms with Gasteiger partial charge in [-0.1, -0.05) is 23.7 Å². The fourth-order valence-corrected chi connectivity index (χ4v) is 1.72. The van der Waals surface area contributed by atoms with Crippen LogP contribution in [-0.2, 0) is 0 Å². The van der Waals surface area contributed by atoms with Crippen molar-refractivity contribution in [3.8, 4) is 0 Å². The van der Waals surface area contributed by atoms with E-state index >= 15 is 0 Å². The zero-order valence-corrected chi connectivity index (χ0v) is 10.3. The lowest BCUT2D eigenvalue weighted by Gasteiger charge is -2.35. The molecule has 1 atom stereocenters. The van der Waals surface area contributed by atoms with Crippen molar-refractivity contribution in [2.45, 2.75) is 13.0 Å². The summed E-state index contributed by atoms with van der Waals surface area (Å²) in [5.41, 5.74) is 1.25. The Morgan fingerprint density at radius 3 is 2.27 bits per heavy atom. The standard InChI is InChI=1S/C12H19ClNO/c1-10(14(2,3)8-9-15)11-4-6-12(13)7-5-11/h4-7,10,15H,8-9H2,1-3H3/q+1. The molecule has 1 aromatic rings. The van der Waals surface area contributed by atoms with Crippen LogP contribution in [-0.4, -0.2) is 36.8 Å². The zero-order valence-electron chi connectivity index (χ0n) is 9.57. The first-order chi connectivity index (χ1) is 6.97. The zero-order chi connectivity index (χ0) is 11.5.